The molecule has 3 unspecified atom stereocenters. The monoisotopic (exact) mass is 724 g/mol. The number of methoxy groups -OCH3 is 4. The van der Waals surface area contributed by atoms with Crippen molar-refractivity contribution in [2.45, 2.75) is 103 Å². The molecule has 1 aliphatic rings. The molecule has 0 radical (unpaired) electrons. The highest BCUT2D eigenvalue weighted by molar-refractivity contribution is 6.74. The summed E-state index contributed by atoms with van der Waals surface area (Å²) in [7, 11) is 4.99. The van der Waals surface area contributed by atoms with Crippen molar-refractivity contribution in [1.29, 1.82) is 0 Å². The molecule has 0 saturated heterocycles. The van der Waals surface area contributed by atoms with Crippen molar-refractivity contribution in [2.75, 3.05) is 54.4 Å². The number of aliphatic hydroxyl groups is 2. The van der Waals surface area contributed by atoms with Crippen LogP contribution in [0.5, 0.6) is 17.2 Å². The Morgan fingerprint density at radius 1 is 1.00 bits per heavy atom. The number of fused-ring (bicyclic) bond motifs is 2. The lowest BCUT2D eigenvalue weighted by molar-refractivity contribution is -0.149. The van der Waals surface area contributed by atoms with Crippen LogP contribution in [-0.4, -0.2) is 115 Å². The highest BCUT2D eigenvalue weighted by Crippen LogP contribution is 2.45. The molecule has 0 aliphatic carbocycles. The Bertz CT molecular complexity index is 1340. The van der Waals surface area contributed by atoms with Crippen LogP contribution in [0.2, 0.25) is 18.1 Å². The molecule has 0 aromatic heterocycles. The van der Waals surface area contributed by atoms with Gasteiger partial charge in [0, 0.05) is 45.6 Å². The zero-order valence-corrected chi connectivity index (χ0v) is 33.1. The van der Waals surface area contributed by atoms with Crippen LogP contribution in [0.25, 0.3) is 0 Å². The Balaban J connectivity index is 2.85. The first-order valence-corrected chi connectivity index (χ1v) is 19.7. The molecule has 2 bridgehead atoms. The first-order valence-electron chi connectivity index (χ1n) is 16.8. The standard InChI is InChI=1S/C36H60N2O11Si/c1-22-17-25-32(48-21-44-9)26(19-29(33(25)46-11)47-20-43-8)37-34(41)23(2)15-14-16-28(45-10)30(40)35(42)38(7)24(3)31(27(39)18-22)49-50(12,13)36(4,5)6/h14-16,19,22,24,27-28,30-31,39-40H,17-18,20-21H2,1-13H3,(H,37,41)/b16-14-,23-15+/t22?,24?,27-,28?,30+,31+/m0/s1. The fourth-order valence-corrected chi connectivity index (χ4v) is 6.76. The van der Waals surface area contributed by atoms with E-state index in [4.69, 9.17) is 32.8 Å². The number of aliphatic hydroxyl groups excluding tert-OH is 2. The Morgan fingerprint density at radius 3 is 2.18 bits per heavy atom. The van der Waals surface area contributed by atoms with Crippen LogP contribution in [0, 0.1) is 5.92 Å². The number of carbonyl (C=O) groups is 2. The molecule has 6 atom stereocenters. The van der Waals surface area contributed by atoms with E-state index in [1.54, 1.807) is 32.2 Å². The normalized spacial score (nSPS) is 26.5. The van der Waals surface area contributed by atoms with Crippen molar-refractivity contribution in [1.82, 2.24) is 4.90 Å². The summed E-state index contributed by atoms with van der Waals surface area (Å²) in [5, 5.41) is 25.8. The number of likely N-dealkylation sites (N-methyl/N-ethyl adjacent to an activating group) is 1. The summed E-state index contributed by atoms with van der Waals surface area (Å²) in [4.78, 5) is 28.5. The zero-order valence-electron chi connectivity index (χ0n) is 32.1. The second-order valence-electron chi connectivity index (χ2n) is 14.3. The van der Waals surface area contributed by atoms with Gasteiger partial charge in [0.15, 0.2) is 45.3 Å². The average molecular weight is 725 g/mol. The summed E-state index contributed by atoms with van der Waals surface area (Å²) in [6, 6.07) is 0.965. The van der Waals surface area contributed by atoms with Crippen molar-refractivity contribution in [3.63, 3.8) is 0 Å². The smallest absolute Gasteiger partial charge is 0.254 e. The number of amides is 2. The van der Waals surface area contributed by atoms with E-state index < -0.39 is 50.6 Å². The summed E-state index contributed by atoms with van der Waals surface area (Å²) in [5.74, 6) is -0.245. The summed E-state index contributed by atoms with van der Waals surface area (Å²) in [6.45, 7) is 15.7. The summed E-state index contributed by atoms with van der Waals surface area (Å²) >= 11 is 0. The molecule has 14 heteroatoms. The minimum Gasteiger partial charge on any atom is -0.492 e. The van der Waals surface area contributed by atoms with Gasteiger partial charge < -0.3 is 53.3 Å². The molecule has 2 rings (SSSR count). The summed E-state index contributed by atoms with van der Waals surface area (Å²) < 4.78 is 40.5. The number of nitrogens with zero attached hydrogens (tertiary/aromatic N) is 1. The Kier molecular flexibility index (Phi) is 16.4. The van der Waals surface area contributed by atoms with Gasteiger partial charge in [0.05, 0.1) is 31.0 Å². The van der Waals surface area contributed by atoms with Crippen LogP contribution < -0.4 is 19.5 Å². The number of rotatable bonds is 10. The molecule has 1 aromatic carbocycles. The van der Waals surface area contributed by atoms with E-state index in [2.05, 4.69) is 39.2 Å². The summed E-state index contributed by atoms with van der Waals surface area (Å²) in [5.41, 5.74) is 1.21. The largest absolute Gasteiger partial charge is 0.492 e. The van der Waals surface area contributed by atoms with Gasteiger partial charge in [-0.2, -0.15) is 0 Å². The average Bonchev–Trinajstić information content (AvgIpc) is 3.05. The topological polar surface area (TPSA) is 154 Å². The van der Waals surface area contributed by atoms with Gasteiger partial charge in [-0.3, -0.25) is 9.59 Å². The summed E-state index contributed by atoms with van der Waals surface area (Å²) in [6.07, 6.45) is 0.792. The number of anilines is 1. The predicted octanol–water partition coefficient (Wildman–Crippen LogP) is 4.66. The molecule has 1 aromatic rings. The maximum Gasteiger partial charge on any atom is 0.254 e. The maximum atomic E-state index is 13.7. The molecule has 2 amide bonds. The fourth-order valence-electron chi connectivity index (χ4n) is 5.37. The first-order chi connectivity index (χ1) is 23.3. The highest BCUT2D eigenvalue weighted by Gasteiger charge is 2.44. The number of allylic oxidation sites excluding steroid dienone is 2. The number of benzene rings is 1. The van der Waals surface area contributed by atoms with Crippen LogP contribution in [0.3, 0.4) is 0 Å². The molecule has 3 N–H and O–H groups in total. The lowest BCUT2D eigenvalue weighted by atomic mass is 9.90. The molecular weight excluding hydrogens is 664 g/mol. The van der Waals surface area contributed by atoms with Crippen molar-refractivity contribution in [2.24, 2.45) is 5.92 Å². The SMILES string of the molecule is COCOc1cc2c(OCOC)c(c1OC)CC(C)C[C@H](O)[C@H](O[Si](C)(C)C(C)(C)C)C(C)N(C)C(=O)[C@H](O)C(OC)/C=C\C=C(/C)C(=O)N2. The van der Waals surface area contributed by atoms with Crippen molar-refractivity contribution in [3.05, 3.63) is 35.4 Å². The van der Waals surface area contributed by atoms with Crippen molar-refractivity contribution < 1.29 is 52.6 Å². The van der Waals surface area contributed by atoms with Crippen molar-refractivity contribution in [3.8, 4) is 17.2 Å². The van der Waals surface area contributed by atoms with E-state index in [1.807, 2.05) is 13.8 Å². The van der Waals surface area contributed by atoms with E-state index >= 15 is 0 Å². The molecule has 1 heterocycles. The number of hydrogen-bond acceptors (Lipinski definition) is 11. The van der Waals surface area contributed by atoms with Crippen molar-refractivity contribution >= 4 is 25.8 Å². The third-order valence-electron chi connectivity index (χ3n) is 9.49. The molecular formula is C36H60N2O11Si. The van der Waals surface area contributed by atoms with Gasteiger partial charge in [0.2, 0.25) is 0 Å². The zero-order chi connectivity index (χ0) is 38.0. The third-order valence-corrected chi connectivity index (χ3v) is 14.0. The van der Waals surface area contributed by atoms with Crippen LogP contribution in [0.1, 0.15) is 53.5 Å². The van der Waals surface area contributed by atoms with Gasteiger partial charge in [-0.15, -0.1) is 0 Å². The van der Waals surface area contributed by atoms with Crippen LogP contribution in [0.4, 0.5) is 5.69 Å². The lowest BCUT2D eigenvalue weighted by Gasteiger charge is -2.44. The van der Waals surface area contributed by atoms with Gasteiger partial charge in [-0.1, -0.05) is 45.9 Å². The number of hydrogen-bond donors (Lipinski definition) is 3. The second-order valence-corrected chi connectivity index (χ2v) is 19.1. The van der Waals surface area contributed by atoms with Gasteiger partial charge in [0.25, 0.3) is 11.8 Å². The van der Waals surface area contributed by atoms with Gasteiger partial charge >= 0.3 is 0 Å². The molecule has 0 saturated carbocycles. The Hall–Kier alpha value is -2.98. The second kappa shape index (κ2) is 19.0. The van der Waals surface area contributed by atoms with Gasteiger partial charge in [0.1, 0.15) is 6.10 Å². The minimum absolute atomic E-state index is 0.0808. The van der Waals surface area contributed by atoms with Crippen LogP contribution in [-0.2, 0) is 34.6 Å². The van der Waals surface area contributed by atoms with E-state index in [0.29, 0.717) is 40.5 Å². The van der Waals surface area contributed by atoms with Crippen LogP contribution in [0.15, 0.2) is 29.9 Å². The van der Waals surface area contributed by atoms with Gasteiger partial charge in [-0.05, 0) is 50.7 Å². The van der Waals surface area contributed by atoms with E-state index in [9.17, 15) is 19.8 Å². The molecule has 1 aliphatic heterocycles. The molecule has 50 heavy (non-hydrogen) atoms. The lowest BCUT2D eigenvalue weighted by Crippen LogP contribution is -2.57. The fraction of sp³-hybridized carbons (Fsp3) is 0.667. The number of ether oxygens (including phenoxy) is 6. The predicted molar refractivity (Wildman–Crippen MR) is 194 cm³/mol. The quantitative estimate of drug-likeness (QED) is 0.228. The van der Waals surface area contributed by atoms with E-state index in [-0.39, 0.29) is 31.0 Å². The molecule has 284 valence electrons. The van der Waals surface area contributed by atoms with E-state index in [0.717, 1.165) is 0 Å². The third kappa shape index (κ3) is 11.0. The number of nitrogens with one attached hydrogen (secondary N) is 1. The first kappa shape index (κ1) is 43.2. The molecule has 0 spiro atoms. The number of carbonyl (C=O) groups excluding carboxylic acids is 2. The Labute approximate surface area is 299 Å². The highest BCUT2D eigenvalue weighted by atomic mass is 28.4. The maximum absolute atomic E-state index is 13.7. The molecule has 13 nitrogen and oxygen atoms in total. The molecule has 0 fully saturated rings. The Morgan fingerprint density at radius 2 is 1.62 bits per heavy atom. The van der Waals surface area contributed by atoms with E-state index in [1.165, 1.54) is 39.4 Å². The van der Waals surface area contributed by atoms with Gasteiger partial charge in [-0.25, -0.2) is 0 Å². The van der Waals surface area contributed by atoms with Crippen LogP contribution >= 0.6 is 0 Å². The minimum atomic E-state index is -2.48.